The predicted molar refractivity (Wildman–Crippen MR) is 114 cm³/mol. The highest BCUT2D eigenvalue weighted by Gasteiger charge is 2.19. The highest BCUT2D eigenvalue weighted by atomic mass is 35.5. The number of benzene rings is 2. The third-order valence-electron chi connectivity index (χ3n) is 4.70. The summed E-state index contributed by atoms with van der Waals surface area (Å²) >= 11 is 6.16. The van der Waals surface area contributed by atoms with Crippen molar-refractivity contribution >= 4 is 38.7 Å². The van der Waals surface area contributed by atoms with Gasteiger partial charge in [-0.1, -0.05) is 23.7 Å². The van der Waals surface area contributed by atoms with Crippen molar-refractivity contribution in [3.05, 3.63) is 58.6 Å². The van der Waals surface area contributed by atoms with Gasteiger partial charge in [0.1, 0.15) is 0 Å². The maximum atomic E-state index is 12.7. The largest absolute Gasteiger partial charge is 0.367 e. The zero-order chi connectivity index (χ0) is 20.3. The molecule has 8 heteroatoms. The van der Waals surface area contributed by atoms with Gasteiger partial charge in [-0.15, -0.1) is 0 Å². The van der Waals surface area contributed by atoms with E-state index in [0.29, 0.717) is 21.8 Å². The molecule has 0 bridgehead atoms. The third kappa shape index (κ3) is 5.47. The van der Waals surface area contributed by atoms with Crippen LogP contribution in [0, 0.1) is 0 Å². The molecule has 1 fully saturated rings. The maximum absolute atomic E-state index is 12.7. The lowest BCUT2D eigenvalue weighted by molar-refractivity contribution is 0.102. The molecule has 1 aliphatic rings. The lowest BCUT2D eigenvalue weighted by Gasteiger charge is -2.35. The van der Waals surface area contributed by atoms with Gasteiger partial charge in [0.15, 0.2) is 9.84 Å². The number of nitrogens with one attached hydrogen (secondary N) is 1. The molecule has 0 saturated carbocycles. The fourth-order valence-electron chi connectivity index (χ4n) is 3.18. The number of rotatable bonds is 5. The van der Waals surface area contributed by atoms with Crippen LogP contribution in [0.5, 0.6) is 0 Å². The predicted octanol–water partition coefficient (Wildman–Crippen LogP) is 2.89. The Labute approximate surface area is 171 Å². The minimum absolute atomic E-state index is 0.0449. The molecule has 1 aliphatic heterocycles. The first-order valence-corrected chi connectivity index (χ1v) is 11.5. The summed E-state index contributed by atoms with van der Waals surface area (Å²) in [5.74, 6) is -0.305. The van der Waals surface area contributed by atoms with Crippen LogP contribution in [0.25, 0.3) is 0 Å². The second-order valence-corrected chi connectivity index (χ2v) is 9.75. The van der Waals surface area contributed by atoms with Crippen LogP contribution in [0.4, 0.5) is 11.4 Å². The number of hydrogen-bond acceptors (Lipinski definition) is 5. The van der Waals surface area contributed by atoms with Crippen LogP contribution in [-0.4, -0.2) is 58.7 Å². The van der Waals surface area contributed by atoms with E-state index in [-0.39, 0.29) is 11.7 Å². The Bertz CT molecular complexity index is 953. The molecule has 0 aromatic heterocycles. The first kappa shape index (κ1) is 20.6. The second kappa shape index (κ2) is 8.51. The number of amides is 1. The molecule has 2 aromatic rings. The standard InChI is InChI=1S/C20H24ClN3O3S/c1-23-9-11-24(12-10-23)19-8-7-17(21)13-18(19)22-20(25)16-5-3-15(4-6-16)14-28(2,26)27/h3-8,13H,9-12,14H2,1-2H3,(H,22,25). The van der Waals surface area contributed by atoms with Crippen molar-refractivity contribution in [2.24, 2.45) is 0 Å². The Morgan fingerprint density at radius 1 is 1.07 bits per heavy atom. The molecule has 3 rings (SSSR count). The summed E-state index contributed by atoms with van der Waals surface area (Å²) in [4.78, 5) is 17.2. The maximum Gasteiger partial charge on any atom is 0.255 e. The van der Waals surface area contributed by atoms with Crippen molar-refractivity contribution in [1.82, 2.24) is 4.90 Å². The molecule has 28 heavy (non-hydrogen) atoms. The molecule has 1 saturated heterocycles. The lowest BCUT2D eigenvalue weighted by Crippen LogP contribution is -2.44. The number of sulfone groups is 1. The quantitative estimate of drug-likeness (QED) is 0.803. The average molecular weight is 422 g/mol. The zero-order valence-corrected chi connectivity index (χ0v) is 17.6. The molecular weight excluding hydrogens is 398 g/mol. The van der Waals surface area contributed by atoms with Crippen molar-refractivity contribution in [2.75, 3.05) is 49.7 Å². The van der Waals surface area contributed by atoms with E-state index in [1.165, 1.54) is 6.26 Å². The van der Waals surface area contributed by atoms with E-state index in [2.05, 4.69) is 22.2 Å². The summed E-state index contributed by atoms with van der Waals surface area (Å²) in [6.07, 6.45) is 1.19. The van der Waals surface area contributed by atoms with Crippen LogP contribution in [0.1, 0.15) is 15.9 Å². The molecule has 0 radical (unpaired) electrons. The summed E-state index contributed by atoms with van der Waals surface area (Å²) < 4.78 is 22.8. The highest BCUT2D eigenvalue weighted by Crippen LogP contribution is 2.30. The van der Waals surface area contributed by atoms with Crippen molar-refractivity contribution in [3.8, 4) is 0 Å². The van der Waals surface area contributed by atoms with Crippen LogP contribution in [0.15, 0.2) is 42.5 Å². The van der Waals surface area contributed by atoms with Crippen LogP contribution < -0.4 is 10.2 Å². The van der Waals surface area contributed by atoms with Crippen LogP contribution in [0.2, 0.25) is 5.02 Å². The fourth-order valence-corrected chi connectivity index (χ4v) is 4.15. The van der Waals surface area contributed by atoms with Gasteiger partial charge in [0.25, 0.3) is 5.91 Å². The average Bonchev–Trinajstić information content (AvgIpc) is 2.62. The number of carbonyl (C=O) groups excluding carboxylic acids is 1. The first-order chi connectivity index (χ1) is 13.2. The van der Waals surface area contributed by atoms with Gasteiger partial charge in [-0.25, -0.2) is 8.42 Å². The summed E-state index contributed by atoms with van der Waals surface area (Å²) in [5, 5.41) is 3.50. The van der Waals surface area contributed by atoms with E-state index in [1.54, 1.807) is 30.3 Å². The Morgan fingerprint density at radius 2 is 1.71 bits per heavy atom. The molecular formula is C20H24ClN3O3S. The van der Waals surface area contributed by atoms with Crippen molar-refractivity contribution in [3.63, 3.8) is 0 Å². The summed E-state index contributed by atoms with van der Waals surface area (Å²) in [7, 11) is -1.02. The third-order valence-corrected chi connectivity index (χ3v) is 5.79. The highest BCUT2D eigenvalue weighted by molar-refractivity contribution is 7.89. The zero-order valence-electron chi connectivity index (χ0n) is 16.0. The summed E-state index contributed by atoms with van der Waals surface area (Å²) in [6, 6.07) is 12.1. The van der Waals surface area contributed by atoms with Gasteiger partial charge in [-0.05, 0) is 42.9 Å². The fraction of sp³-hybridized carbons (Fsp3) is 0.350. The van der Waals surface area contributed by atoms with E-state index < -0.39 is 9.84 Å². The van der Waals surface area contributed by atoms with Gasteiger partial charge in [0.05, 0.1) is 17.1 Å². The van der Waals surface area contributed by atoms with Gasteiger partial charge < -0.3 is 15.1 Å². The molecule has 1 N–H and O–H groups in total. The van der Waals surface area contributed by atoms with E-state index in [9.17, 15) is 13.2 Å². The molecule has 0 spiro atoms. The smallest absolute Gasteiger partial charge is 0.255 e. The van der Waals surface area contributed by atoms with Gasteiger partial charge in [-0.3, -0.25) is 4.79 Å². The van der Waals surface area contributed by atoms with E-state index in [0.717, 1.165) is 31.9 Å². The van der Waals surface area contributed by atoms with Crippen molar-refractivity contribution in [1.29, 1.82) is 0 Å². The van der Waals surface area contributed by atoms with Crippen LogP contribution >= 0.6 is 11.6 Å². The number of likely N-dealkylation sites (N-methyl/N-ethyl adjacent to an activating group) is 1. The van der Waals surface area contributed by atoms with Crippen LogP contribution in [0.3, 0.4) is 0 Å². The lowest BCUT2D eigenvalue weighted by atomic mass is 10.1. The summed E-state index contributed by atoms with van der Waals surface area (Å²) in [6.45, 7) is 3.66. The van der Waals surface area contributed by atoms with E-state index >= 15 is 0 Å². The second-order valence-electron chi connectivity index (χ2n) is 7.17. The normalized spacial score (nSPS) is 15.5. The first-order valence-electron chi connectivity index (χ1n) is 9.02. The Balaban J connectivity index is 1.77. The minimum atomic E-state index is -3.11. The number of hydrogen-bond donors (Lipinski definition) is 1. The van der Waals surface area contributed by atoms with Crippen molar-refractivity contribution in [2.45, 2.75) is 5.75 Å². The molecule has 1 amide bonds. The van der Waals surface area contributed by atoms with Gasteiger partial charge in [0, 0.05) is 43.0 Å². The van der Waals surface area contributed by atoms with Gasteiger partial charge in [-0.2, -0.15) is 0 Å². The SMILES string of the molecule is CN1CCN(c2ccc(Cl)cc2NC(=O)c2ccc(CS(C)(=O)=O)cc2)CC1. The van der Waals surface area contributed by atoms with Gasteiger partial charge in [0.2, 0.25) is 0 Å². The number of nitrogens with zero attached hydrogens (tertiary/aromatic N) is 2. The number of anilines is 2. The summed E-state index contributed by atoms with van der Waals surface area (Å²) in [5.41, 5.74) is 2.73. The number of halogens is 1. The molecule has 0 aliphatic carbocycles. The topological polar surface area (TPSA) is 69.7 Å². The molecule has 150 valence electrons. The monoisotopic (exact) mass is 421 g/mol. The number of piperazine rings is 1. The van der Waals surface area contributed by atoms with Crippen molar-refractivity contribution < 1.29 is 13.2 Å². The van der Waals surface area contributed by atoms with E-state index in [1.807, 2.05) is 12.1 Å². The van der Waals surface area contributed by atoms with Gasteiger partial charge >= 0.3 is 0 Å². The molecule has 2 aromatic carbocycles. The Morgan fingerprint density at radius 3 is 2.32 bits per heavy atom. The van der Waals surface area contributed by atoms with Crippen LogP contribution in [-0.2, 0) is 15.6 Å². The Kier molecular flexibility index (Phi) is 6.27. The number of carbonyl (C=O) groups is 1. The van der Waals surface area contributed by atoms with E-state index in [4.69, 9.17) is 11.6 Å². The molecule has 0 atom stereocenters. The molecule has 0 unspecified atom stereocenters. The molecule has 6 nitrogen and oxygen atoms in total. The minimum Gasteiger partial charge on any atom is -0.367 e. The molecule has 1 heterocycles. The Hall–Kier alpha value is -2.09.